The van der Waals surface area contributed by atoms with Crippen molar-refractivity contribution in [3.05, 3.63) is 57.6 Å². The van der Waals surface area contributed by atoms with Gasteiger partial charge in [0, 0.05) is 24.4 Å². The first-order chi connectivity index (χ1) is 14.2. The molecule has 3 aromatic heterocycles. The lowest BCUT2D eigenvalue weighted by Gasteiger charge is -2.31. The van der Waals surface area contributed by atoms with Gasteiger partial charge in [-0.25, -0.2) is 9.97 Å². The summed E-state index contributed by atoms with van der Waals surface area (Å²) in [6.07, 6.45) is 2.22. The van der Waals surface area contributed by atoms with Gasteiger partial charge in [-0.3, -0.25) is 4.79 Å². The molecule has 4 aromatic rings. The minimum Gasteiger partial charge on any atom is -0.342 e. The van der Waals surface area contributed by atoms with Crippen LogP contribution in [0, 0.1) is 0 Å². The van der Waals surface area contributed by atoms with Gasteiger partial charge in [-0.1, -0.05) is 23.7 Å². The van der Waals surface area contributed by atoms with Crippen LogP contribution in [0.4, 0.5) is 0 Å². The molecular weight excluding hydrogens is 424 g/mol. The minimum atomic E-state index is 0.147. The maximum Gasteiger partial charge on any atom is 0.228 e. The number of carbonyl (C=O) groups is 1. The Morgan fingerprint density at radius 3 is 2.76 bits per heavy atom. The number of H-pyrrole nitrogens is 1. The van der Waals surface area contributed by atoms with E-state index in [0.29, 0.717) is 12.3 Å². The molecule has 29 heavy (non-hydrogen) atoms. The number of piperidine rings is 1. The number of amides is 1. The number of nitrogens with zero attached hydrogens (tertiary/aromatic N) is 3. The lowest BCUT2D eigenvalue weighted by molar-refractivity contribution is -0.131. The smallest absolute Gasteiger partial charge is 0.228 e. The Hall–Kier alpha value is -2.22. The van der Waals surface area contributed by atoms with Crippen LogP contribution in [0.25, 0.3) is 20.9 Å². The summed E-state index contributed by atoms with van der Waals surface area (Å²) >= 11 is 9.08. The van der Waals surface area contributed by atoms with Crippen LogP contribution < -0.4 is 0 Å². The van der Waals surface area contributed by atoms with Crippen molar-refractivity contribution < 1.29 is 4.79 Å². The molecule has 1 amide bonds. The molecule has 148 valence electrons. The van der Waals surface area contributed by atoms with Gasteiger partial charge in [0.1, 0.15) is 10.8 Å². The van der Waals surface area contributed by atoms with Gasteiger partial charge in [-0.15, -0.1) is 22.7 Å². The SMILES string of the molecule is O=C(Cc1csc(-c2ccc(Cl)s2)n1)N1CCC(c2nc3ccccc3[nH]2)CC1. The molecule has 4 heterocycles. The number of thiazole rings is 1. The summed E-state index contributed by atoms with van der Waals surface area (Å²) < 4.78 is 0.750. The number of likely N-dealkylation sites (tertiary alicyclic amines) is 1. The predicted molar refractivity (Wildman–Crippen MR) is 119 cm³/mol. The van der Waals surface area contributed by atoms with Crippen LogP contribution in [0.15, 0.2) is 41.8 Å². The summed E-state index contributed by atoms with van der Waals surface area (Å²) in [7, 11) is 0. The fraction of sp³-hybridized carbons (Fsp3) is 0.286. The number of aromatic amines is 1. The molecule has 1 aliphatic rings. The van der Waals surface area contributed by atoms with Crippen molar-refractivity contribution >= 4 is 51.2 Å². The lowest BCUT2D eigenvalue weighted by atomic mass is 9.96. The van der Waals surface area contributed by atoms with Gasteiger partial charge in [-0.2, -0.15) is 0 Å². The topological polar surface area (TPSA) is 61.9 Å². The van der Waals surface area contributed by atoms with Crippen molar-refractivity contribution in [1.82, 2.24) is 19.9 Å². The van der Waals surface area contributed by atoms with Crippen molar-refractivity contribution in [2.24, 2.45) is 0 Å². The third kappa shape index (κ3) is 3.95. The van der Waals surface area contributed by atoms with E-state index in [2.05, 4.69) is 16.0 Å². The maximum atomic E-state index is 12.8. The second kappa shape index (κ2) is 7.89. The van der Waals surface area contributed by atoms with E-state index in [9.17, 15) is 4.79 Å². The highest BCUT2D eigenvalue weighted by Crippen LogP contribution is 2.33. The zero-order valence-corrected chi connectivity index (χ0v) is 18.0. The number of imidazole rings is 1. The van der Waals surface area contributed by atoms with Crippen molar-refractivity contribution in [1.29, 1.82) is 0 Å². The first-order valence-electron chi connectivity index (χ1n) is 9.58. The second-order valence-electron chi connectivity index (χ2n) is 7.22. The van der Waals surface area contributed by atoms with Crippen LogP contribution in [-0.2, 0) is 11.2 Å². The van der Waals surface area contributed by atoms with Crippen molar-refractivity contribution in [2.45, 2.75) is 25.2 Å². The minimum absolute atomic E-state index is 0.147. The highest BCUT2D eigenvalue weighted by molar-refractivity contribution is 7.23. The van der Waals surface area contributed by atoms with Crippen molar-refractivity contribution in [2.75, 3.05) is 13.1 Å². The van der Waals surface area contributed by atoms with E-state index in [1.165, 1.54) is 11.3 Å². The van der Waals surface area contributed by atoms with Crippen LogP contribution in [0.1, 0.15) is 30.3 Å². The monoisotopic (exact) mass is 442 g/mol. The number of rotatable bonds is 4. The van der Waals surface area contributed by atoms with Gasteiger partial charge >= 0.3 is 0 Å². The Balaban J connectivity index is 1.20. The molecule has 1 aliphatic heterocycles. The molecule has 0 aliphatic carbocycles. The van der Waals surface area contributed by atoms with Crippen molar-refractivity contribution in [3.63, 3.8) is 0 Å². The summed E-state index contributed by atoms with van der Waals surface area (Å²) in [6, 6.07) is 11.9. The van der Waals surface area contributed by atoms with Gasteiger partial charge in [0.2, 0.25) is 5.91 Å². The molecule has 0 saturated carbocycles. The normalized spacial score (nSPS) is 15.3. The van der Waals surface area contributed by atoms with Crippen LogP contribution in [-0.4, -0.2) is 38.8 Å². The Labute approximate surface area is 181 Å². The average molecular weight is 443 g/mol. The fourth-order valence-corrected chi connectivity index (χ4v) is 5.70. The maximum absolute atomic E-state index is 12.8. The number of carbonyl (C=O) groups excluding carboxylic acids is 1. The summed E-state index contributed by atoms with van der Waals surface area (Å²) in [5.74, 6) is 1.56. The molecule has 8 heteroatoms. The second-order valence-corrected chi connectivity index (χ2v) is 9.79. The number of hydrogen-bond acceptors (Lipinski definition) is 5. The number of para-hydroxylation sites is 2. The molecule has 1 saturated heterocycles. The average Bonchev–Trinajstić information content (AvgIpc) is 3.47. The molecule has 0 spiro atoms. The van der Waals surface area contributed by atoms with Gasteiger partial charge in [0.25, 0.3) is 0 Å². The molecule has 1 N–H and O–H groups in total. The quantitative estimate of drug-likeness (QED) is 0.463. The van der Waals surface area contributed by atoms with Gasteiger partial charge < -0.3 is 9.88 Å². The highest BCUT2D eigenvalue weighted by atomic mass is 35.5. The Morgan fingerprint density at radius 1 is 1.17 bits per heavy atom. The van der Waals surface area contributed by atoms with Crippen LogP contribution in [0.3, 0.4) is 0 Å². The zero-order chi connectivity index (χ0) is 19.8. The first kappa shape index (κ1) is 18.8. The summed E-state index contributed by atoms with van der Waals surface area (Å²) in [5.41, 5.74) is 2.92. The third-order valence-corrected chi connectivity index (χ3v) is 7.60. The van der Waals surface area contributed by atoms with E-state index in [-0.39, 0.29) is 5.91 Å². The Kier molecular flexibility index (Phi) is 5.11. The van der Waals surface area contributed by atoms with Crippen LogP contribution in [0.2, 0.25) is 4.34 Å². The molecule has 1 aromatic carbocycles. The summed E-state index contributed by atoms with van der Waals surface area (Å²) in [5, 5.41) is 2.90. The molecule has 1 fully saturated rings. The number of halogens is 1. The Bertz CT molecular complexity index is 1120. The molecule has 0 bridgehead atoms. The Morgan fingerprint density at radius 2 is 2.00 bits per heavy atom. The van der Waals surface area contributed by atoms with E-state index in [1.54, 1.807) is 11.3 Å². The van der Waals surface area contributed by atoms with E-state index in [1.807, 2.05) is 40.6 Å². The molecule has 0 atom stereocenters. The molecular formula is C21H19ClN4OS2. The first-order valence-corrected chi connectivity index (χ1v) is 11.7. The number of hydrogen-bond donors (Lipinski definition) is 1. The zero-order valence-electron chi connectivity index (χ0n) is 15.6. The largest absolute Gasteiger partial charge is 0.342 e. The summed E-state index contributed by atoms with van der Waals surface area (Å²) in [4.78, 5) is 28.5. The predicted octanol–water partition coefficient (Wildman–Crippen LogP) is 5.35. The number of aromatic nitrogens is 3. The van der Waals surface area contributed by atoms with E-state index in [0.717, 1.165) is 62.7 Å². The van der Waals surface area contributed by atoms with Gasteiger partial charge in [0.05, 0.1) is 32.4 Å². The van der Waals surface area contributed by atoms with Crippen molar-refractivity contribution in [3.8, 4) is 9.88 Å². The molecule has 0 radical (unpaired) electrons. The van der Waals surface area contributed by atoms with Crippen LogP contribution >= 0.6 is 34.3 Å². The van der Waals surface area contributed by atoms with Gasteiger partial charge in [0.15, 0.2) is 0 Å². The molecule has 0 unspecified atom stereocenters. The van der Waals surface area contributed by atoms with Crippen LogP contribution in [0.5, 0.6) is 0 Å². The van der Waals surface area contributed by atoms with E-state index < -0.39 is 0 Å². The lowest BCUT2D eigenvalue weighted by Crippen LogP contribution is -2.39. The standard InChI is InChI=1S/C21H19ClN4OS2/c22-18-6-5-17(29-18)21-23-14(12-28-21)11-19(27)26-9-7-13(8-10-26)20-24-15-3-1-2-4-16(15)25-20/h1-6,12-13H,7-11H2,(H,24,25). The summed E-state index contributed by atoms with van der Waals surface area (Å²) in [6.45, 7) is 1.52. The van der Waals surface area contributed by atoms with E-state index >= 15 is 0 Å². The molecule has 5 nitrogen and oxygen atoms in total. The highest BCUT2D eigenvalue weighted by Gasteiger charge is 2.26. The van der Waals surface area contributed by atoms with E-state index in [4.69, 9.17) is 16.6 Å². The fourth-order valence-electron chi connectivity index (χ4n) is 3.77. The number of benzene rings is 1. The number of fused-ring (bicyclic) bond motifs is 1. The molecule has 5 rings (SSSR count). The number of nitrogens with one attached hydrogen (secondary N) is 1. The van der Waals surface area contributed by atoms with Gasteiger partial charge in [-0.05, 0) is 37.1 Å². The number of thiophene rings is 1. The third-order valence-electron chi connectivity index (χ3n) is 5.31.